The van der Waals surface area contributed by atoms with Gasteiger partial charge in [0.25, 0.3) is 0 Å². The van der Waals surface area contributed by atoms with Crippen molar-refractivity contribution in [3.63, 3.8) is 0 Å². The fraction of sp³-hybridized carbons (Fsp3) is 0.391. The van der Waals surface area contributed by atoms with Crippen LogP contribution >= 0.6 is 0 Å². The Morgan fingerprint density at radius 1 is 1.23 bits per heavy atom. The summed E-state index contributed by atoms with van der Waals surface area (Å²) in [6.07, 6.45) is 0.0131. The van der Waals surface area contributed by atoms with E-state index >= 15 is 0 Å². The molecule has 0 unspecified atom stereocenters. The van der Waals surface area contributed by atoms with Crippen LogP contribution in [0.3, 0.4) is 0 Å². The lowest BCUT2D eigenvalue weighted by Gasteiger charge is -2.16. The number of anilines is 1. The van der Waals surface area contributed by atoms with Crippen molar-refractivity contribution in [1.82, 2.24) is 10.2 Å². The third-order valence-electron chi connectivity index (χ3n) is 5.70. The first kappa shape index (κ1) is 21.3. The molecule has 2 fully saturated rings. The highest BCUT2D eigenvalue weighted by Crippen LogP contribution is 2.29. The van der Waals surface area contributed by atoms with Gasteiger partial charge in [-0.1, -0.05) is 24.3 Å². The number of carbonyl (C=O) groups is 2. The number of halogens is 1. The number of rotatable bonds is 6. The topological polar surface area (TPSA) is 87.9 Å². The van der Waals surface area contributed by atoms with Gasteiger partial charge < -0.3 is 15.8 Å². The molecule has 2 amide bonds. The van der Waals surface area contributed by atoms with Crippen LogP contribution in [0.4, 0.5) is 14.9 Å². The zero-order chi connectivity index (χ0) is 22.0. The van der Waals surface area contributed by atoms with Crippen LogP contribution in [-0.2, 0) is 16.1 Å². The van der Waals surface area contributed by atoms with Crippen LogP contribution in [0.1, 0.15) is 18.9 Å². The van der Waals surface area contributed by atoms with Gasteiger partial charge in [-0.15, -0.1) is 0 Å². The summed E-state index contributed by atoms with van der Waals surface area (Å²) in [4.78, 5) is 26.9. The second-order valence-corrected chi connectivity index (χ2v) is 8.20. The van der Waals surface area contributed by atoms with E-state index in [1.807, 2.05) is 24.3 Å². The van der Waals surface area contributed by atoms with Crippen molar-refractivity contribution in [1.29, 1.82) is 0 Å². The van der Waals surface area contributed by atoms with Gasteiger partial charge in [0.1, 0.15) is 11.9 Å². The minimum atomic E-state index is -0.548. The summed E-state index contributed by atoms with van der Waals surface area (Å²) in [7, 11) is 0. The molecule has 0 saturated carbocycles. The van der Waals surface area contributed by atoms with Crippen molar-refractivity contribution in [3.05, 3.63) is 53.8 Å². The number of hydrogen-bond donors (Lipinski definition) is 2. The van der Waals surface area contributed by atoms with Crippen molar-refractivity contribution >= 4 is 17.7 Å². The number of carbonyl (C=O) groups excluding carboxylic acids is 2. The summed E-state index contributed by atoms with van der Waals surface area (Å²) < 4.78 is 20.1. The molecule has 2 saturated heterocycles. The largest absolute Gasteiger partial charge is 0.442 e. The van der Waals surface area contributed by atoms with Gasteiger partial charge >= 0.3 is 6.09 Å². The molecular weight excluding hydrogens is 399 g/mol. The molecule has 164 valence electrons. The highest BCUT2D eigenvalue weighted by molar-refractivity contribution is 5.90. The predicted octanol–water partition coefficient (Wildman–Crippen LogP) is 2.49. The van der Waals surface area contributed by atoms with Crippen LogP contribution < -0.4 is 16.0 Å². The van der Waals surface area contributed by atoms with Gasteiger partial charge in [0.2, 0.25) is 5.91 Å². The molecule has 0 aliphatic carbocycles. The maximum absolute atomic E-state index is 14.9. The molecule has 2 heterocycles. The first-order valence-electron chi connectivity index (χ1n) is 10.5. The van der Waals surface area contributed by atoms with Crippen molar-refractivity contribution < 1.29 is 18.7 Å². The first-order valence-corrected chi connectivity index (χ1v) is 10.5. The summed E-state index contributed by atoms with van der Waals surface area (Å²) >= 11 is 0. The van der Waals surface area contributed by atoms with E-state index in [0.29, 0.717) is 11.3 Å². The van der Waals surface area contributed by atoms with Gasteiger partial charge in [0.15, 0.2) is 0 Å². The van der Waals surface area contributed by atoms with Crippen LogP contribution in [0, 0.1) is 5.82 Å². The fourth-order valence-electron chi connectivity index (χ4n) is 4.06. The highest BCUT2D eigenvalue weighted by Gasteiger charge is 2.32. The summed E-state index contributed by atoms with van der Waals surface area (Å²) in [6, 6.07) is 12.8. The summed E-state index contributed by atoms with van der Waals surface area (Å²) in [5, 5.41) is 2.63. The quantitative estimate of drug-likeness (QED) is 0.741. The lowest BCUT2D eigenvalue weighted by molar-refractivity contribution is -0.119. The van der Waals surface area contributed by atoms with Gasteiger partial charge in [0, 0.05) is 38.2 Å². The standard InChI is InChI=1S/C23H27FN4O3/c1-15(29)26-11-20-14-28(23(30)31-20)19-6-7-21(22(24)10-19)17-4-2-16(3-5-17)12-27-9-8-18(25)13-27/h2-7,10,18,20H,8-9,11-14,25H2,1H3,(H,26,29)/t18-,20-/m0/s1. The number of ether oxygens (including phenoxy) is 1. The molecule has 2 aliphatic rings. The van der Waals surface area contributed by atoms with E-state index in [4.69, 9.17) is 10.5 Å². The number of nitrogens with zero attached hydrogens (tertiary/aromatic N) is 2. The molecule has 2 aromatic carbocycles. The Morgan fingerprint density at radius 3 is 2.65 bits per heavy atom. The van der Waals surface area contributed by atoms with Crippen LogP contribution in [0.15, 0.2) is 42.5 Å². The van der Waals surface area contributed by atoms with Gasteiger partial charge in [0.05, 0.1) is 18.8 Å². The van der Waals surface area contributed by atoms with Crippen LogP contribution in [0.5, 0.6) is 0 Å². The molecule has 4 rings (SSSR count). The molecule has 3 N–H and O–H groups in total. The predicted molar refractivity (Wildman–Crippen MR) is 116 cm³/mol. The van der Waals surface area contributed by atoms with E-state index in [1.165, 1.54) is 23.5 Å². The Labute approximate surface area is 181 Å². The molecule has 0 bridgehead atoms. The smallest absolute Gasteiger partial charge is 0.414 e. The Balaban J connectivity index is 1.43. The minimum absolute atomic E-state index is 0.195. The third-order valence-corrected chi connectivity index (χ3v) is 5.70. The Hall–Kier alpha value is -2.97. The molecule has 2 aliphatic heterocycles. The summed E-state index contributed by atoms with van der Waals surface area (Å²) in [5.41, 5.74) is 8.81. The monoisotopic (exact) mass is 426 g/mol. The van der Waals surface area contributed by atoms with E-state index in [1.54, 1.807) is 12.1 Å². The fourth-order valence-corrected chi connectivity index (χ4v) is 4.06. The van der Waals surface area contributed by atoms with Crippen molar-refractivity contribution in [2.75, 3.05) is 31.1 Å². The Morgan fingerprint density at radius 2 is 2.00 bits per heavy atom. The number of hydrogen-bond acceptors (Lipinski definition) is 5. The summed E-state index contributed by atoms with van der Waals surface area (Å²) in [5.74, 6) is -0.603. The number of likely N-dealkylation sites (tertiary alicyclic amines) is 1. The average molecular weight is 426 g/mol. The molecular formula is C23H27FN4O3. The molecule has 7 nitrogen and oxygen atoms in total. The molecule has 0 spiro atoms. The number of nitrogens with two attached hydrogens (primary N) is 1. The molecule has 8 heteroatoms. The van der Waals surface area contributed by atoms with E-state index in [0.717, 1.165) is 31.6 Å². The van der Waals surface area contributed by atoms with Crippen LogP contribution in [-0.4, -0.2) is 55.2 Å². The van der Waals surface area contributed by atoms with E-state index in [2.05, 4.69) is 10.2 Å². The van der Waals surface area contributed by atoms with E-state index in [-0.39, 0.29) is 25.0 Å². The Bertz CT molecular complexity index is 966. The second-order valence-electron chi connectivity index (χ2n) is 8.20. The lowest BCUT2D eigenvalue weighted by Crippen LogP contribution is -2.33. The van der Waals surface area contributed by atoms with Gasteiger partial charge in [-0.3, -0.25) is 14.6 Å². The van der Waals surface area contributed by atoms with E-state index in [9.17, 15) is 14.0 Å². The van der Waals surface area contributed by atoms with Crippen molar-refractivity contribution in [3.8, 4) is 11.1 Å². The molecule has 2 atom stereocenters. The van der Waals surface area contributed by atoms with Crippen LogP contribution in [0.25, 0.3) is 11.1 Å². The minimum Gasteiger partial charge on any atom is -0.442 e. The van der Waals surface area contributed by atoms with Crippen molar-refractivity contribution in [2.45, 2.75) is 32.0 Å². The first-order chi connectivity index (χ1) is 14.9. The second kappa shape index (κ2) is 9.03. The SMILES string of the molecule is CC(=O)NC[C@H]1CN(c2ccc(-c3ccc(CN4CC[C@H](N)C4)cc3)c(F)c2)C(=O)O1. The number of cyclic esters (lactones) is 1. The average Bonchev–Trinajstić information content (AvgIpc) is 3.32. The maximum atomic E-state index is 14.9. The summed E-state index contributed by atoms with van der Waals surface area (Å²) in [6.45, 7) is 4.63. The molecule has 2 aromatic rings. The number of nitrogens with one attached hydrogen (secondary N) is 1. The third kappa shape index (κ3) is 5.03. The molecule has 0 aromatic heterocycles. The lowest BCUT2D eigenvalue weighted by atomic mass is 10.0. The molecule has 31 heavy (non-hydrogen) atoms. The van der Waals surface area contributed by atoms with Gasteiger partial charge in [-0.05, 0) is 35.7 Å². The zero-order valence-corrected chi connectivity index (χ0v) is 17.5. The zero-order valence-electron chi connectivity index (χ0n) is 17.5. The number of benzene rings is 2. The van der Waals surface area contributed by atoms with Gasteiger partial charge in [-0.2, -0.15) is 0 Å². The molecule has 0 radical (unpaired) electrons. The van der Waals surface area contributed by atoms with Crippen molar-refractivity contribution in [2.24, 2.45) is 5.73 Å². The van der Waals surface area contributed by atoms with Gasteiger partial charge in [-0.25, -0.2) is 9.18 Å². The van der Waals surface area contributed by atoms with E-state index < -0.39 is 18.0 Å². The maximum Gasteiger partial charge on any atom is 0.414 e. The normalized spacial score (nSPS) is 21.4. The Kier molecular flexibility index (Phi) is 6.20. The highest BCUT2D eigenvalue weighted by atomic mass is 19.1. The van der Waals surface area contributed by atoms with Crippen LogP contribution in [0.2, 0.25) is 0 Å². The number of amides is 2.